The van der Waals surface area contributed by atoms with Crippen molar-refractivity contribution in [3.63, 3.8) is 0 Å². The fourth-order valence-electron chi connectivity index (χ4n) is 3.05. The molecular formula is C16H21N3O4S. The molecule has 0 saturated carbocycles. The van der Waals surface area contributed by atoms with Gasteiger partial charge in [-0.05, 0) is 26.0 Å². The van der Waals surface area contributed by atoms with Gasteiger partial charge in [-0.15, -0.1) is 0 Å². The summed E-state index contributed by atoms with van der Waals surface area (Å²) >= 11 is 0. The molecule has 1 fully saturated rings. The van der Waals surface area contributed by atoms with Gasteiger partial charge in [0.05, 0.1) is 23.6 Å². The Balaban J connectivity index is 1.64. The molecule has 0 spiro atoms. The molecule has 7 nitrogen and oxygen atoms in total. The van der Waals surface area contributed by atoms with Crippen LogP contribution in [0.25, 0.3) is 0 Å². The minimum Gasteiger partial charge on any atom is -0.372 e. The minimum absolute atomic E-state index is 0.00971. The maximum atomic E-state index is 12.3. The number of rotatable bonds is 3. The maximum absolute atomic E-state index is 12.3. The molecule has 8 heteroatoms. The number of nitrogens with one attached hydrogen (secondary N) is 1. The van der Waals surface area contributed by atoms with Crippen molar-refractivity contribution in [2.75, 3.05) is 19.6 Å². The first-order chi connectivity index (χ1) is 11.4. The summed E-state index contributed by atoms with van der Waals surface area (Å²) in [6, 6.07) is 6.69. The molecule has 2 heterocycles. The minimum atomic E-state index is -3.53. The maximum Gasteiger partial charge on any atom is 0.263 e. The third-order valence-electron chi connectivity index (χ3n) is 4.03. The topological polar surface area (TPSA) is 88.1 Å². The van der Waals surface area contributed by atoms with Gasteiger partial charge in [-0.25, -0.2) is 8.42 Å². The number of hydrogen-bond acceptors (Lipinski definition) is 5. The Morgan fingerprint density at radius 1 is 1.29 bits per heavy atom. The number of sulfonamides is 1. The molecule has 24 heavy (non-hydrogen) atoms. The number of amides is 1. The number of carbonyl (C=O) groups excluding carboxylic acids is 1. The van der Waals surface area contributed by atoms with Gasteiger partial charge in [-0.1, -0.05) is 12.1 Å². The predicted molar refractivity (Wildman–Crippen MR) is 89.4 cm³/mol. The van der Waals surface area contributed by atoms with Gasteiger partial charge >= 0.3 is 0 Å². The molecule has 1 N–H and O–H groups in total. The van der Waals surface area contributed by atoms with Crippen molar-refractivity contribution in [2.45, 2.75) is 37.4 Å². The van der Waals surface area contributed by atoms with Crippen molar-refractivity contribution in [1.29, 1.82) is 0 Å². The monoisotopic (exact) mass is 351 g/mol. The Bertz CT molecular complexity index is 765. The third kappa shape index (κ3) is 3.44. The molecule has 130 valence electrons. The SMILES string of the molecule is C[C@H]1CN(C(=O)CCN=C2NS(=O)(=O)c3ccccc32)C[C@H](C)O1. The summed E-state index contributed by atoms with van der Waals surface area (Å²) < 4.78 is 32.1. The highest BCUT2D eigenvalue weighted by Gasteiger charge is 2.30. The lowest BCUT2D eigenvalue weighted by Crippen LogP contribution is -2.48. The molecular weight excluding hydrogens is 330 g/mol. The highest BCUT2D eigenvalue weighted by Crippen LogP contribution is 2.22. The van der Waals surface area contributed by atoms with Crippen LogP contribution in [0.2, 0.25) is 0 Å². The Morgan fingerprint density at radius 2 is 1.96 bits per heavy atom. The summed E-state index contributed by atoms with van der Waals surface area (Å²) in [6.07, 6.45) is 0.294. The molecule has 2 atom stereocenters. The fraction of sp³-hybridized carbons (Fsp3) is 0.500. The number of benzene rings is 1. The summed E-state index contributed by atoms with van der Waals surface area (Å²) in [5, 5.41) is 0. The van der Waals surface area contributed by atoms with Gasteiger partial charge in [0, 0.05) is 25.1 Å². The molecule has 1 amide bonds. The Morgan fingerprint density at radius 3 is 2.67 bits per heavy atom. The standard InChI is InChI=1S/C16H21N3O4S/c1-11-9-19(10-12(2)23-11)15(20)7-8-17-16-13-5-3-4-6-14(13)24(21,22)18-16/h3-6,11-12H,7-10H2,1-2H3,(H,17,18)/t11-,12-/m0/s1. The molecule has 0 unspecified atom stereocenters. The highest BCUT2D eigenvalue weighted by molar-refractivity contribution is 7.90. The second-order valence-corrected chi connectivity index (χ2v) is 7.79. The van der Waals surface area contributed by atoms with E-state index in [1.807, 2.05) is 13.8 Å². The van der Waals surface area contributed by atoms with Gasteiger partial charge < -0.3 is 9.64 Å². The molecule has 0 aromatic heterocycles. The zero-order chi connectivity index (χ0) is 17.3. The Labute approximate surface area is 141 Å². The number of hydrogen-bond donors (Lipinski definition) is 1. The van der Waals surface area contributed by atoms with E-state index in [1.165, 1.54) is 0 Å². The van der Waals surface area contributed by atoms with Crippen molar-refractivity contribution in [1.82, 2.24) is 9.62 Å². The lowest BCUT2D eigenvalue weighted by molar-refractivity contribution is -0.142. The van der Waals surface area contributed by atoms with Gasteiger partial charge in [0.1, 0.15) is 5.84 Å². The van der Waals surface area contributed by atoms with E-state index < -0.39 is 10.0 Å². The van der Waals surface area contributed by atoms with Crippen LogP contribution in [0, 0.1) is 0 Å². The average molecular weight is 351 g/mol. The first kappa shape index (κ1) is 16.9. The summed E-state index contributed by atoms with van der Waals surface area (Å²) in [4.78, 5) is 18.6. The first-order valence-electron chi connectivity index (χ1n) is 7.97. The predicted octanol–water partition coefficient (Wildman–Crippen LogP) is 0.751. The summed E-state index contributed by atoms with van der Waals surface area (Å²) in [5.41, 5.74) is 0.554. The number of carbonyl (C=O) groups is 1. The van der Waals surface area contributed by atoms with Crippen molar-refractivity contribution >= 4 is 21.8 Å². The van der Waals surface area contributed by atoms with Crippen molar-refractivity contribution in [3.8, 4) is 0 Å². The largest absolute Gasteiger partial charge is 0.372 e. The average Bonchev–Trinajstić information content (AvgIpc) is 2.78. The van der Waals surface area contributed by atoms with Gasteiger partial charge in [0.2, 0.25) is 5.91 Å². The molecule has 0 aliphatic carbocycles. The summed E-state index contributed by atoms with van der Waals surface area (Å²) in [7, 11) is -3.53. The van der Waals surface area contributed by atoms with Crippen molar-refractivity contribution in [3.05, 3.63) is 29.8 Å². The zero-order valence-corrected chi connectivity index (χ0v) is 14.5. The van der Waals surface area contributed by atoms with Crippen LogP contribution in [0.4, 0.5) is 0 Å². The highest BCUT2D eigenvalue weighted by atomic mass is 32.2. The number of ether oxygens (including phenoxy) is 1. The van der Waals surface area contributed by atoms with E-state index in [-0.39, 0.29) is 36.0 Å². The van der Waals surface area contributed by atoms with Crippen molar-refractivity contribution in [2.24, 2.45) is 4.99 Å². The van der Waals surface area contributed by atoms with Crippen LogP contribution in [0.1, 0.15) is 25.8 Å². The summed E-state index contributed by atoms with van der Waals surface area (Å²) in [6.45, 7) is 5.29. The molecule has 1 aromatic carbocycles. The fourth-order valence-corrected chi connectivity index (χ4v) is 4.31. The number of aliphatic imine (C=N–C) groups is 1. The number of nitrogens with zero attached hydrogens (tertiary/aromatic N) is 2. The van der Waals surface area contributed by atoms with Crippen LogP contribution < -0.4 is 4.72 Å². The molecule has 1 aromatic rings. The van der Waals surface area contributed by atoms with E-state index in [9.17, 15) is 13.2 Å². The molecule has 0 radical (unpaired) electrons. The van der Waals surface area contributed by atoms with Crippen LogP contribution >= 0.6 is 0 Å². The van der Waals surface area contributed by atoms with Gasteiger partial charge in [0.15, 0.2) is 0 Å². The van der Waals surface area contributed by atoms with Gasteiger partial charge in [-0.2, -0.15) is 0 Å². The number of fused-ring (bicyclic) bond motifs is 1. The van der Waals surface area contributed by atoms with Crippen LogP contribution in [0.15, 0.2) is 34.2 Å². The van der Waals surface area contributed by atoms with Crippen molar-refractivity contribution < 1.29 is 17.9 Å². The van der Waals surface area contributed by atoms with Crippen LogP contribution in [-0.2, 0) is 19.6 Å². The lowest BCUT2D eigenvalue weighted by Gasteiger charge is -2.35. The van der Waals surface area contributed by atoms with E-state index >= 15 is 0 Å². The third-order valence-corrected chi connectivity index (χ3v) is 5.43. The molecule has 3 rings (SSSR count). The quantitative estimate of drug-likeness (QED) is 0.870. The second kappa shape index (κ2) is 6.52. The van der Waals surface area contributed by atoms with E-state index in [0.717, 1.165) is 0 Å². The summed E-state index contributed by atoms with van der Waals surface area (Å²) in [5.74, 6) is 0.317. The van der Waals surface area contributed by atoms with E-state index in [1.54, 1.807) is 29.2 Å². The van der Waals surface area contributed by atoms with Gasteiger partial charge in [-0.3, -0.25) is 14.5 Å². The van der Waals surface area contributed by atoms with E-state index in [4.69, 9.17) is 4.74 Å². The van der Waals surface area contributed by atoms with E-state index in [2.05, 4.69) is 9.71 Å². The molecule has 0 bridgehead atoms. The lowest BCUT2D eigenvalue weighted by atomic mass is 10.2. The molecule has 2 aliphatic rings. The Hall–Kier alpha value is -1.93. The smallest absolute Gasteiger partial charge is 0.263 e. The zero-order valence-electron chi connectivity index (χ0n) is 13.7. The van der Waals surface area contributed by atoms with Crippen LogP contribution in [0.3, 0.4) is 0 Å². The molecule has 1 saturated heterocycles. The second-order valence-electron chi connectivity index (χ2n) is 6.14. The molecule has 2 aliphatic heterocycles. The number of morpholine rings is 1. The first-order valence-corrected chi connectivity index (χ1v) is 9.45. The normalized spacial score (nSPS) is 26.9. The van der Waals surface area contributed by atoms with Crippen LogP contribution in [-0.4, -0.2) is 56.9 Å². The van der Waals surface area contributed by atoms with Crippen LogP contribution in [0.5, 0.6) is 0 Å². The Kier molecular flexibility index (Phi) is 4.60. The number of amidine groups is 1. The van der Waals surface area contributed by atoms with Gasteiger partial charge in [0.25, 0.3) is 10.0 Å². The van der Waals surface area contributed by atoms with E-state index in [0.29, 0.717) is 24.5 Å².